The first-order valence-corrected chi connectivity index (χ1v) is 24.9. The molecule has 6 nitrogen and oxygen atoms in total. The summed E-state index contributed by atoms with van der Waals surface area (Å²) in [6.07, 6.45) is 60.6. The molecule has 0 aliphatic carbocycles. The third kappa shape index (κ3) is 45.9. The largest absolute Gasteiger partial charge is 0.462 e. The van der Waals surface area contributed by atoms with Gasteiger partial charge >= 0.3 is 17.9 Å². The highest BCUT2D eigenvalue weighted by atomic mass is 16.6. The summed E-state index contributed by atoms with van der Waals surface area (Å²) in [4.78, 5) is 37.6. The maximum atomic E-state index is 12.7. The molecule has 0 rings (SSSR count). The van der Waals surface area contributed by atoms with Crippen molar-refractivity contribution in [1.29, 1.82) is 0 Å². The molecule has 0 aliphatic rings. The second kappa shape index (κ2) is 48.5. The van der Waals surface area contributed by atoms with Crippen LogP contribution in [-0.2, 0) is 28.6 Å². The maximum Gasteiger partial charge on any atom is 0.306 e. The van der Waals surface area contributed by atoms with E-state index in [9.17, 15) is 14.4 Å². The fraction of sp³-hybridized carbons (Fsp3) is 0.722. The Morgan fingerprint density at radius 1 is 0.350 bits per heavy atom. The van der Waals surface area contributed by atoms with Gasteiger partial charge in [0, 0.05) is 19.3 Å². The first kappa shape index (κ1) is 56.9. The van der Waals surface area contributed by atoms with Gasteiger partial charge in [-0.25, -0.2) is 0 Å². The zero-order valence-electron chi connectivity index (χ0n) is 39.2. The van der Waals surface area contributed by atoms with E-state index in [1.54, 1.807) is 0 Å². The Labute approximate surface area is 370 Å². The first-order chi connectivity index (χ1) is 29.5. The van der Waals surface area contributed by atoms with E-state index in [0.717, 1.165) is 116 Å². The van der Waals surface area contributed by atoms with E-state index in [-0.39, 0.29) is 31.1 Å². The Kier molecular flexibility index (Phi) is 46.0. The lowest BCUT2D eigenvalue weighted by Gasteiger charge is -2.18. The van der Waals surface area contributed by atoms with Gasteiger partial charge in [0.25, 0.3) is 0 Å². The monoisotopic (exact) mass is 837 g/mol. The van der Waals surface area contributed by atoms with E-state index in [0.29, 0.717) is 19.3 Å². The second-order valence-corrected chi connectivity index (χ2v) is 16.3. The molecule has 6 heteroatoms. The minimum absolute atomic E-state index is 0.0832. The molecular weight excluding hydrogens is 745 g/mol. The fourth-order valence-corrected chi connectivity index (χ4v) is 6.70. The number of unbranched alkanes of at least 4 members (excludes halogenated alkanes) is 21. The molecule has 0 aliphatic heterocycles. The number of hydrogen-bond acceptors (Lipinski definition) is 6. The van der Waals surface area contributed by atoms with Crippen molar-refractivity contribution in [3.8, 4) is 0 Å². The zero-order valence-corrected chi connectivity index (χ0v) is 39.2. The number of carbonyl (C=O) groups is 3. The van der Waals surface area contributed by atoms with Crippen LogP contribution < -0.4 is 0 Å². The molecule has 0 aromatic heterocycles. The van der Waals surface area contributed by atoms with Crippen LogP contribution in [-0.4, -0.2) is 37.2 Å². The molecule has 0 bridgehead atoms. The van der Waals surface area contributed by atoms with Crippen LogP contribution in [0.1, 0.15) is 233 Å². The van der Waals surface area contributed by atoms with Crippen LogP contribution in [0.15, 0.2) is 72.9 Å². The molecule has 0 heterocycles. The summed E-state index contributed by atoms with van der Waals surface area (Å²) >= 11 is 0. The van der Waals surface area contributed by atoms with E-state index in [1.807, 2.05) is 0 Å². The molecule has 0 spiro atoms. The summed E-state index contributed by atoms with van der Waals surface area (Å²) < 4.78 is 16.6. The smallest absolute Gasteiger partial charge is 0.306 e. The summed E-state index contributed by atoms with van der Waals surface area (Å²) in [6.45, 7) is 6.41. The lowest BCUT2D eigenvalue weighted by Crippen LogP contribution is -2.30. The Morgan fingerprint density at radius 2 is 0.650 bits per heavy atom. The van der Waals surface area contributed by atoms with Crippen molar-refractivity contribution >= 4 is 17.9 Å². The zero-order chi connectivity index (χ0) is 43.7. The predicted molar refractivity (Wildman–Crippen MR) is 256 cm³/mol. The molecule has 0 aromatic rings. The first-order valence-electron chi connectivity index (χ1n) is 24.9. The van der Waals surface area contributed by atoms with Gasteiger partial charge in [0.15, 0.2) is 6.10 Å². The highest BCUT2D eigenvalue weighted by molar-refractivity contribution is 5.71. The highest BCUT2D eigenvalue weighted by Gasteiger charge is 2.19. The molecule has 1 atom stereocenters. The van der Waals surface area contributed by atoms with Crippen molar-refractivity contribution in [3.05, 3.63) is 72.9 Å². The normalized spacial score (nSPS) is 12.7. The SMILES string of the molecule is CC/C=C\C/C=C\C/C=C\C/C=C\C/C=C\CCCCCCCCCC(=O)OCC(COC(=O)CCCCCCC)OC(=O)CCCCCCC/C=C\CCCCCCC. The van der Waals surface area contributed by atoms with Crippen LogP contribution in [0.4, 0.5) is 0 Å². The molecule has 60 heavy (non-hydrogen) atoms. The van der Waals surface area contributed by atoms with Crippen molar-refractivity contribution in [2.24, 2.45) is 0 Å². The Bertz CT molecular complexity index is 1140. The Hall–Kier alpha value is -3.15. The summed E-state index contributed by atoms with van der Waals surface area (Å²) in [5, 5.41) is 0. The van der Waals surface area contributed by atoms with Crippen LogP contribution in [0.3, 0.4) is 0 Å². The van der Waals surface area contributed by atoms with Crippen LogP contribution in [0.25, 0.3) is 0 Å². The highest BCUT2D eigenvalue weighted by Crippen LogP contribution is 2.13. The van der Waals surface area contributed by atoms with Gasteiger partial charge in [0.05, 0.1) is 0 Å². The van der Waals surface area contributed by atoms with Crippen molar-refractivity contribution in [1.82, 2.24) is 0 Å². The van der Waals surface area contributed by atoms with E-state index in [2.05, 4.69) is 93.7 Å². The van der Waals surface area contributed by atoms with Gasteiger partial charge in [-0.05, 0) is 89.9 Å². The Morgan fingerprint density at radius 3 is 1.03 bits per heavy atom. The number of carbonyl (C=O) groups excluding carboxylic acids is 3. The number of allylic oxidation sites excluding steroid dienone is 12. The predicted octanol–water partition coefficient (Wildman–Crippen LogP) is 16.3. The fourth-order valence-electron chi connectivity index (χ4n) is 6.70. The molecule has 1 unspecified atom stereocenters. The van der Waals surface area contributed by atoms with Gasteiger partial charge in [-0.3, -0.25) is 14.4 Å². The number of esters is 3. The number of hydrogen-bond donors (Lipinski definition) is 0. The molecule has 0 amide bonds. The van der Waals surface area contributed by atoms with E-state index < -0.39 is 6.10 Å². The van der Waals surface area contributed by atoms with Gasteiger partial charge < -0.3 is 14.2 Å². The molecule has 0 N–H and O–H groups in total. The minimum atomic E-state index is -0.779. The van der Waals surface area contributed by atoms with E-state index in [4.69, 9.17) is 14.2 Å². The van der Waals surface area contributed by atoms with Crippen molar-refractivity contribution in [2.45, 2.75) is 239 Å². The van der Waals surface area contributed by atoms with Crippen molar-refractivity contribution < 1.29 is 28.6 Å². The second-order valence-electron chi connectivity index (χ2n) is 16.3. The molecular formula is C54H92O6. The van der Waals surface area contributed by atoms with E-state index >= 15 is 0 Å². The molecule has 0 radical (unpaired) electrons. The molecule has 0 saturated carbocycles. The lowest BCUT2D eigenvalue weighted by molar-refractivity contribution is -0.167. The van der Waals surface area contributed by atoms with Gasteiger partial charge in [0.1, 0.15) is 13.2 Å². The minimum Gasteiger partial charge on any atom is -0.462 e. The quantitative estimate of drug-likeness (QED) is 0.0263. The standard InChI is InChI=1S/C54H92O6/c1-4-7-10-13-15-17-19-21-23-24-25-26-27-28-29-30-31-33-34-36-38-41-44-47-53(56)59-50-51(49-58-52(55)46-43-40-12-9-6-3)60-54(57)48-45-42-39-37-35-32-22-20-18-16-14-11-8-5-2/h7,10,15,17,20-23,25-26,28-29,51H,4-6,8-9,11-14,16,18-19,24,27,30-50H2,1-3H3/b10-7-,17-15-,22-20-,23-21-,26-25-,29-28-. The van der Waals surface area contributed by atoms with Crippen LogP contribution in [0.2, 0.25) is 0 Å². The maximum absolute atomic E-state index is 12.7. The Balaban J connectivity index is 4.18. The van der Waals surface area contributed by atoms with Crippen LogP contribution in [0, 0.1) is 0 Å². The third-order valence-electron chi connectivity index (χ3n) is 10.4. The molecule has 0 fully saturated rings. The molecule has 344 valence electrons. The number of rotatable bonds is 44. The average Bonchev–Trinajstić information content (AvgIpc) is 3.24. The van der Waals surface area contributed by atoms with Crippen molar-refractivity contribution in [3.63, 3.8) is 0 Å². The summed E-state index contributed by atoms with van der Waals surface area (Å²) in [6, 6.07) is 0. The topological polar surface area (TPSA) is 78.9 Å². The van der Waals surface area contributed by atoms with E-state index in [1.165, 1.54) is 77.0 Å². The van der Waals surface area contributed by atoms with Gasteiger partial charge in [-0.2, -0.15) is 0 Å². The molecule has 0 aromatic carbocycles. The summed E-state index contributed by atoms with van der Waals surface area (Å²) in [5.74, 6) is -0.918. The van der Waals surface area contributed by atoms with Crippen LogP contribution >= 0.6 is 0 Å². The van der Waals surface area contributed by atoms with Gasteiger partial charge in [-0.15, -0.1) is 0 Å². The van der Waals surface area contributed by atoms with Crippen LogP contribution in [0.5, 0.6) is 0 Å². The summed E-state index contributed by atoms with van der Waals surface area (Å²) in [7, 11) is 0. The third-order valence-corrected chi connectivity index (χ3v) is 10.4. The van der Waals surface area contributed by atoms with Crippen molar-refractivity contribution in [2.75, 3.05) is 13.2 Å². The molecule has 0 saturated heterocycles. The number of ether oxygens (including phenoxy) is 3. The summed E-state index contributed by atoms with van der Waals surface area (Å²) in [5.41, 5.74) is 0. The lowest BCUT2D eigenvalue weighted by atomic mass is 10.1. The van der Waals surface area contributed by atoms with Gasteiger partial charge in [0.2, 0.25) is 0 Å². The van der Waals surface area contributed by atoms with Gasteiger partial charge in [-0.1, -0.05) is 196 Å². The average molecular weight is 837 g/mol.